The van der Waals surface area contributed by atoms with Gasteiger partial charge in [-0.05, 0) is 26.7 Å². The molecule has 0 aromatic carbocycles. The van der Waals surface area contributed by atoms with Gasteiger partial charge in [-0.3, -0.25) is 0 Å². The van der Waals surface area contributed by atoms with Crippen molar-refractivity contribution >= 4 is 0 Å². The second-order valence-electron chi connectivity index (χ2n) is 3.68. The lowest BCUT2D eigenvalue weighted by molar-refractivity contribution is -0.0400. The second kappa shape index (κ2) is 4.07. The van der Waals surface area contributed by atoms with Crippen LogP contribution in [0.3, 0.4) is 0 Å². The molecule has 0 saturated carbocycles. The van der Waals surface area contributed by atoms with Crippen molar-refractivity contribution in [2.24, 2.45) is 0 Å². The van der Waals surface area contributed by atoms with Crippen molar-refractivity contribution in [2.75, 3.05) is 20.1 Å². The standard InChI is InChI=1S/C9H20N2/c1-9(2)10(3)11-7-5-4-6-8-11/h9H,4-8H2,1-3H3. The first kappa shape index (κ1) is 9.01. The molecule has 0 amide bonds. The van der Waals surface area contributed by atoms with Gasteiger partial charge in [0.05, 0.1) is 0 Å². The third-order valence-corrected chi connectivity index (χ3v) is 2.53. The van der Waals surface area contributed by atoms with Crippen molar-refractivity contribution in [1.29, 1.82) is 0 Å². The predicted molar refractivity (Wildman–Crippen MR) is 48.3 cm³/mol. The van der Waals surface area contributed by atoms with E-state index >= 15 is 0 Å². The van der Waals surface area contributed by atoms with E-state index in [0.717, 1.165) is 0 Å². The monoisotopic (exact) mass is 156 g/mol. The number of hydrogen-bond acceptors (Lipinski definition) is 2. The van der Waals surface area contributed by atoms with Crippen LogP contribution in [-0.2, 0) is 0 Å². The van der Waals surface area contributed by atoms with Crippen LogP contribution in [0, 0.1) is 0 Å². The van der Waals surface area contributed by atoms with Crippen molar-refractivity contribution in [2.45, 2.75) is 39.2 Å². The summed E-state index contributed by atoms with van der Waals surface area (Å²) in [6.45, 7) is 7.01. The Morgan fingerprint density at radius 1 is 1.09 bits per heavy atom. The lowest BCUT2D eigenvalue weighted by atomic mass is 10.1. The van der Waals surface area contributed by atoms with E-state index in [1.165, 1.54) is 32.4 Å². The van der Waals surface area contributed by atoms with Crippen molar-refractivity contribution in [3.63, 3.8) is 0 Å². The molecule has 2 nitrogen and oxygen atoms in total. The zero-order valence-corrected chi connectivity index (χ0v) is 8.01. The number of piperidine rings is 1. The summed E-state index contributed by atoms with van der Waals surface area (Å²) < 4.78 is 0. The van der Waals surface area contributed by atoms with Crippen LogP contribution in [0.5, 0.6) is 0 Å². The molecule has 66 valence electrons. The fraction of sp³-hybridized carbons (Fsp3) is 1.00. The number of hydrazine groups is 1. The maximum atomic E-state index is 2.47. The summed E-state index contributed by atoms with van der Waals surface area (Å²) in [6, 6.07) is 0.646. The summed E-state index contributed by atoms with van der Waals surface area (Å²) in [5, 5.41) is 4.83. The first-order chi connectivity index (χ1) is 5.22. The Morgan fingerprint density at radius 2 is 1.64 bits per heavy atom. The molecule has 1 fully saturated rings. The van der Waals surface area contributed by atoms with Crippen molar-refractivity contribution in [3.05, 3.63) is 0 Å². The Hall–Kier alpha value is -0.0800. The third-order valence-electron chi connectivity index (χ3n) is 2.53. The van der Waals surface area contributed by atoms with Gasteiger partial charge in [0.2, 0.25) is 0 Å². The predicted octanol–water partition coefficient (Wildman–Crippen LogP) is 1.73. The van der Waals surface area contributed by atoms with Crippen molar-refractivity contribution < 1.29 is 0 Å². The molecule has 1 rings (SSSR count). The van der Waals surface area contributed by atoms with Crippen molar-refractivity contribution in [1.82, 2.24) is 10.0 Å². The highest BCUT2D eigenvalue weighted by atomic mass is 15.6. The van der Waals surface area contributed by atoms with E-state index in [0.29, 0.717) is 6.04 Å². The van der Waals surface area contributed by atoms with Gasteiger partial charge in [-0.25, -0.2) is 10.0 Å². The van der Waals surface area contributed by atoms with E-state index in [1.54, 1.807) is 0 Å². The Balaban J connectivity index is 2.32. The summed E-state index contributed by atoms with van der Waals surface area (Å²) in [4.78, 5) is 0. The summed E-state index contributed by atoms with van der Waals surface area (Å²) in [6.07, 6.45) is 4.16. The lowest BCUT2D eigenvalue weighted by Gasteiger charge is -2.37. The van der Waals surface area contributed by atoms with E-state index in [1.807, 2.05) is 0 Å². The zero-order chi connectivity index (χ0) is 8.27. The highest BCUT2D eigenvalue weighted by Crippen LogP contribution is 2.11. The number of rotatable bonds is 2. The van der Waals surface area contributed by atoms with Gasteiger partial charge in [-0.15, -0.1) is 0 Å². The van der Waals surface area contributed by atoms with E-state index in [2.05, 4.69) is 30.9 Å². The maximum Gasteiger partial charge on any atom is 0.0186 e. The van der Waals surface area contributed by atoms with E-state index < -0.39 is 0 Å². The molecule has 1 heterocycles. The second-order valence-corrected chi connectivity index (χ2v) is 3.68. The van der Waals surface area contributed by atoms with Crippen LogP contribution in [0.1, 0.15) is 33.1 Å². The van der Waals surface area contributed by atoms with E-state index in [4.69, 9.17) is 0 Å². The van der Waals surface area contributed by atoms with Gasteiger partial charge >= 0.3 is 0 Å². The van der Waals surface area contributed by atoms with Crippen molar-refractivity contribution in [3.8, 4) is 0 Å². The molecule has 0 atom stereocenters. The highest BCUT2D eigenvalue weighted by Gasteiger charge is 2.15. The molecule has 2 heteroatoms. The van der Waals surface area contributed by atoms with Gasteiger partial charge in [0.15, 0.2) is 0 Å². The Kier molecular flexibility index (Phi) is 3.34. The molecule has 0 radical (unpaired) electrons. The average molecular weight is 156 g/mol. The summed E-state index contributed by atoms with van der Waals surface area (Å²) in [5.74, 6) is 0. The largest absolute Gasteiger partial charge is 0.242 e. The molecule has 0 bridgehead atoms. The van der Waals surface area contributed by atoms with Gasteiger partial charge in [0.1, 0.15) is 0 Å². The zero-order valence-electron chi connectivity index (χ0n) is 8.01. The molecule has 0 aromatic rings. The van der Waals surface area contributed by atoms with E-state index in [9.17, 15) is 0 Å². The van der Waals surface area contributed by atoms with Crippen LogP contribution >= 0.6 is 0 Å². The van der Waals surface area contributed by atoms with E-state index in [-0.39, 0.29) is 0 Å². The summed E-state index contributed by atoms with van der Waals surface area (Å²) in [7, 11) is 2.19. The molecular weight excluding hydrogens is 136 g/mol. The van der Waals surface area contributed by atoms with Gasteiger partial charge in [0.25, 0.3) is 0 Å². The quantitative estimate of drug-likeness (QED) is 0.600. The van der Waals surface area contributed by atoms with Crippen LogP contribution in [-0.4, -0.2) is 36.2 Å². The minimum Gasteiger partial charge on any atom is -0.242 e. The summed E-state index contributed by atoms with van der Waals surface area (Å²) >= 11 is 0. The first-order valence-electron chi connectivity index (χ1n) is 4.69. The maximum absolute atomic E-state index is 2.47. The van der Waals surface area contributed by atoms with Gasteiger partial charge in [-0.1, -0.05) is 6.42 Å². The van der Waals surface area contributed by atoms with Gasteiger partial charge in [-0.2, -0.15) is 0 Å². The van der Waals surface area contributed by atoms with Gasteiger partial charge < -0.3 is 0 Å². The van der Waals surface area contributed by atoms with Crippen LogP contribution < -0.4 is 0 Å². The minimum atomic E-state index is 0.646. The Morgan fingerprint density at radius 3 is 2.09 bits per heavy atom. The normalized spacial score (nSPS) is 21.5. The Labute approximate surface area is 70.1 Å². The average Bonchev–Trinajstić information content (AvgIpc) is 2.05. The van der Waals surface area contributed by atoms with Crippen LogP contribution in [0.15, 0.2) is 0 Å². The highest BCUT2D eigenvalue weighted by molar-refractivity contribution is 4.63. The molecule has 1 aliphatic heterocycles. The molecule has 0 aromatic heterocycles. The first-order valence-corrected chi connectivity index (χ1v) is 4.69. The molecule has 0 aliphatic carbocycles. The number of nitrogens with zero attached hydrogens (tertiary/aromatic N) is 2. The molecular formula is C9H20N2. The molecule has 1 saturated heterocycles. The molecule has 1 aliphatic rings. The molecule has 0 spiro atoms. The smallest absolute Gasteiger partial charge is 0.0186 e. The van der Waals surface area contributed by atoms with Crippen LogP contribution in [0.4, 0.5) is 0 Å². The Bertz CT molecular complexity index is 106. The molecule has 0 N–H and O–H groups in total. The fourth-order valence-electron chi connectivity index (χ4n) is 1.52. The minimum absolute atomic E-state index is 0.646. The number of hydrogen-bond donors (Lipinski definition) is 0. The fourth-order valence-corrected chi connectivity index (χ4v) is 1.52. The lowest BCUT2D eigenvalue weighted by Crippen LogP contribution is -2.46. The summed E-state index contributed by atoms with van der Waals surface area (Å²) in [5.41, 5.74) is 0. The topological polar surface area (TPSA) is 6.48 Å². The van der Waals surface area contributed by atoms with Crippen LogP contribution in [0.2, 0.25) is 0 Å². The van der Waals surface area contributed by atoms with Crippen LogP contribution in [0.25, 0.3) is 0 Å². The molecule has 11 heavy (non-hydrogen) atoms. The third kappa shape index (κ3) is 2.46. The SMILES string of the molecule is CC(C)N(C)N1CCCCC1. The molecule has 0 unspecified atom stereocenters. The van der Waals surface area contributed by atoms with Gasteiger partial charge in [0, 0.05) is 26.2 Å².